The smallest absolute Gasteiger partial charge is 0.248 e. The number of hydrogen-bond donors (Lipinski definition) is 1. The molecule has 2 aromatic rings. The lowest BCUT2D eigenvalue weighted by Gasteiger charge is -2.40. The van der Waals surface area contributed by atoms with E-state index in [9.17, 15) is 18.4 Å². The van der Waals surface area contributed by atoms with Crippen molar-refractivity contribution in [3.05, 3.63) is 33.5 Å². The first-order chi connectivity index (χ1) is 18.5. The Morgan fingerprint density at radius 1 is 1.10 bits per heavy atom. The summed E-state index contributed by atoms with van der Waals surface area (Å²) >= 11 is 1.49. The molecule has 3 fully saturated rings. The van der Waals surface area contributed by atoms with E-state index in [1.807, 2.05) is 18.4 Å². The molecule has 214 valence electrons. The number of rotatable bonds is 9. The van der Waals surface area contributed by atoms with Crippen molar-refractivity contribution in [1.82, 2.24) is 25.0 Å². The Morgan fingerprint density at radius 2 is 1.77 bits per heavy atom. The van der Waals surface area contributed by atoms with Gasteiger partial charge in [0.25, 0.3) is 0 Å². The summed E-state index contributed by atoms with van der Waals surface area (Å²) in [5.74, 6) is -0.805. The van der Waals surface area contributed by atoms with Gasteiger partial charge in [0.15, 0.2) is 5.78 Å². The van der Waals surface area contributed by atoms with Crippen molar-refractivity contribution >= 4 is 23.0 Å². The van der Waals surface area contributed by atoms with E-state index < -0.39 is 5.92 Å². The number of halogens is 2. The van der Waals surface area contributed by atoms with Gasteiger partial charge >= 0.3 is 0 Å². The van der Waals surface area contributed by atoms with E-state index in [4.69, 9.17) is 0 Å². The SMILES string of the molecule is CC(=O)c1csc([C@H](CCN2C3CCC2CC(n2c(C)nnc2C(C)C)C3)NC(=O)C2CCC(F)(F)CC2)c1. The highest BCUT2D eigenvalue weighted by atomic mass is 32.1. The molecular formula is C29H41F2N5O2S. The van der Waals surface area contributed by atoms with Gasteiger partial charge in [-0.05, 0) is 64.9 Å². The molecule has 3 atom stereocenters. The molecule has 2 aromatic heterocycles. The molecule has 2 saturated heterocycles. The number of alkyl halides is 2. The molecule has 39 heavy (non-hydrogen) atoms. The van der Waals surface area contributed by atoms with Crippen LogP contribution < -0.4 is 5.32 Å². The molecule has 1 N–H and O–H groups in total. The summed E-state index contributed by atoms with van der Waals surface area (Å²) in [5.41, 5.74) is 0.651. The lowest BCUT2D eigenvalue weighted by Crippen LogP contribution is -2.45. The van der Waals surface area contributed by atoms with Crippen molar-refractivity contribution in [3.8, 4) is 0 Å². The Balaban J connectivity index is 1.27. The van der Waals surface area contributed by atoms with Crippen LogP contribution >= 0.6 is 11.3 Å². The van der Waals surface area contributed by atoms with E-state index in [-0.39, 0.29) is 49.3 Å². The zero-order valence-electron chi connectivity index (χ0n) is 23.5. The fourth-order valence-electron chi connectivity index (χ4n) is 6.93. The quantitative estimate of drug-likeness (QED) is 0.368. The molecule has 5 rings (SSSR count). The second-order valence-electron chi connectivity index (χ2n) is 12.2. The number of carbonyl (C=O) groups is 2. The molecule has 1 aliphatic carbocycles. The number of aryl methyl sites for hydroxylation is 1. The fraction of sp³-hybridized carbons (Fsp3) is 0.724. The Hall–Kier alpha value is -2.20. The number of nitrogens with one attached hydrogen (secondary N) is 1. The van der Waals surface area contributed by atoms with Gasteiger partial charge in [-0.25, -0.2) is 8.78 Å². The third kappa shape index (κ3) is 6.11. The molecule has 3 aliphatic rings. The topological polar surface area (TPSA) is 80.1 Å². The van der Waals surface area contributed by atoms with Gasteiger partial charge < -0.3 is 9.88 Å². The second kappa shape index (κ2) is 11.4. The maximum absolute atomic E-state index is 13.7. The number of aromatic nitrogens is 3. The number of carbonyl (C=O) groups excluding carboxylic acids is 2. The average Bonchev–Trinajstić information content (AvgIpc) is 3.58. The maximum Gasteiger partial charge on any atom is 0.248 e. The largest absolute Gasteiger partial charge is 0.348 e. The van der Waals surface area contributed by atoms with Crippen LogP contribution in [0.3, 0.4) is 0 Å². The van der Waals surface area contributed by atoms with E-state index >= 15 is 0 Å². The first-order valence-electron chi connectivity index (χ1n) is 14.5. The first-order valence-corrected chi connectivity index (χ1v) is 15.3. The van der Waals surface area contributed by atoms with Crippen LogP contribution in [-0.4, -0.2) is 55.9 Å². The zero-order valence-corrected chi connectivity index (χ0v) is 24.3. The van der Waals surface area contributed by atoms with Crippen molar-refractivity contribution in [3.63, 3.8) is 0 Å². The molecule has 0 spiro atoms. The van der Waals surface area contributed by atoms with Gasteiger partial charge in [0, 0.05) is 65.2 Å². The molecule has 2 unspecified atom stereocenters. The Kier molecular flexibility index (Phi) is 8.25. The normalized spacial score (nSPS) is 26.2. The standard InChI is InChI=1S/C29H41F2N5O2S/c1-17(2)27-34-33-19(4)36(27)24-14-22-5-6-23(15-24)35(22)12-9-25(26-13-21(16-39-26)18(3)37)32-28(38)20-7-10-29(30,31)11-8-20/h13,16-17,20,22-25H,5-12,14-15H2,1-4H3,(H,32,38)/t22?,23?,24?,25-/m0/s1. The van der Waals surface area contributed by atoms with Crippen molar-refractivity contribution < 1.29 is 18.4 Å². The molecule has 7 nitrogen and oxygen atoms in total. The van der Waals surface area contributed by atoms with Gasteiger partial charge in [-0.2, -0.15) is 0 Å². The number of piperidine rings is 1. The van der Waals surface area contributed by atoms with Crippen LogP contribution in [0.1, 0.15) is 123 Å². The summed E-state index contributed by atoms with van der Waals surface area (Å²) in [4.78, 5) is 28.7. The second-order valence-corrected chi connectivity index (χ2v) is 13.1. The zero-order chi connectivity index (χ0) is 27.9. The fourth-order valence-corrected chi connectivity index (χ4v) is 7.96. The van der Waals surface area contributed by atoms with Crippen molar-refractivity contribution in [2.75, 3.05) is 6.54 Å². The predicted molar refractivity (Wildman–Crippen MR) is 147 cm³/mol. The minimum absolute atomic E-state index is 0.00209. The maximum atomic E-state index is 13.7. The molecule has 2 bridgehead atoms. The highest BCUT2D eigenvalue weighted by Crippen LogP contribution is 2.43. The Bertz CT molecular complexity index is 1170. The first kappa shape index (κ1) is 28.3. The number of hydrogen-bond acceptors (Lipinski definition) is 6. The number of fused-ring (bicyclic) bond motifs is 2. The van der Waals surface area contributed by atoms with Crippen LogP contribution in [0.15, 0.2) is 11.4 Å². The van der Waals surface area contributed by atoms with Crippen LogP contribution in [0, 0.1) is 12.8 Å². The molecule has 1 amide bonds. The average molecular weight is 562 g/mol. The number of nitrogens with zero attached hydrogens (tertiary/aromatic N) is 4. The van der Waals surface area contributed by atoms with Crippen LogP contribution in [0.5, 0.6) is 0 Å². The summed E-state index contributed by atoms with van der Waals surface area (Å²) in [5, 5.41) is 13.9. The van der Waals surface area contributed by atoms with Gasteiger partial charge in [-0.3, -0.25) is 14.5 Å². The van der Waals surface area contributed by atoms with Gasteiger partial charge in [0.1, 0.15) is 11.6 Å². The third-order valence-electron chi connectivity index (χ3n) is 9.08. The van der Waals surface area contributed by atoms with Crippen LogP contribution in [0.4, 0.5) is 8.78 Å². The number of Topliss-reactive ketones (excluding diaryl/α,β-unsaturated/α-hetero) is 1. The molecule has 4 heterocycles. The Labute approximate surface area is 233 Å². The van der Waals surface area contributed by atoms with Gasteiger partial charge in [0.05, 0.1) is 6.04 Å². The lowest BCUT2D eigenvalue weighted by atomic mass is 9.86. The minimum atomic E-state index is -2.66. The Morgan fingerprint density at radius 3 is 2.36 bits per heavy atom. The van der Waals surface area contributed by atoms with E-state index in [2.05, 4.69) is 38.8 Å². The molecule has 2 aliphatic heterocycles. The third-order valence-corrected chi connectivity index (χ3v) is 10.1. The number of amides is 1. The number of ketones is 1. The monoisotopic (exact) mass is 561 g/mol. The summed E-state index contributed by atoms with van der Waals surface area (Å²) < 4.78 is 29.7. The van der Waals surface area contributed by atoms with E-state index in [1.54, 1.807) is 6.92 Å². The lowest BCUT2D eigenvalue weighted by molar-refractivity contribution is -0.130. The van der Waals surface area contributed by atoms with Gasteiger partial charge in [-0.15, -0.1) is 21.5 Å². The van der Waals surface area contributed by atoms with E-state index in [0.29, 0.717) is 29.6 Å². The van der Waals surface area contributed by atoms with Crippen LogP contribution in [-0.2, 0) is 4.79 Å². The molecule has 10 heteroatoms. The summed E-state index contributed by atoms with van der Waals surface area (Å²) in [7, 11) is 0. The minimum Gasteiger partial charge on any atom is -0.348 e. The van der Waals surface area contributed by atoms with Crippen molar-refractivity contribution in [2.45, 2.75) is 121 Å². The summed E-state index contributed by atoms with van der Waals surface area (Å²) in [6.07, 6.45) is 5.16. The van der Waals surface area contributed by atoms with Crippen LogP contribution in [0.2, 0.25) is 0 Å². The highest BCUT2D eigenvalue weighted by Gasteiger charge is 2.43. The van der Waals surface area contributed by atoms with Crippen molar-refractivity contribution in [1.29, 1.82) is 0 Å². The molecule has 0 aromatic carbocycles. The van der Waals surface area contributed by atoms with Gasteiger partial charge in [0.2, 0.25) is 11.8 Å². The van der Waals surface area contributed by atoms with E-state index in [1.165, 1.54) is 24.2 Å². The van der Waals surface area contributed by atoms with Gasteiger partial charge in [-0.1, -0.05) is 13.8 Å². The van der Waals surface area contributed by atoms with Crippen LogP contribution in [0.25, 0.3) is 0 Å². The molecule has 0 radical (unpaired) electrons. The number of thiophene rings is 1. The van der Waals surface area contributed by atoms with E-state index in [0.717, 1.165) is 42.3 Å². The summed E-state index contributed by atoms with van der Waals surface area (Å²) in [6.45, 7) is 8.77. The molecule has 1 saturated carbocycles. The van der Waals surface area contributed by atoms with Crippen molar-refractivity contribution in [2.24, 2.45) is 5.92 Å². The summed E-state index contributed by atoms with van der Waals surface area (Å²) in [6, 6.07) is 3.01. The highest BCUT2D eigenvalue weighted by molar-refractivity contribution is 7.10. The predicted octanol–water partition coefficient (Wildman–Crippen LogP) is 6.22. The molecular weight excluding hydrogens is 520 g/mol.